The second kappa shape index (κ2) is 14.8. The molecule has 19 aromatic carbocycles. The van der Waals surface area contributed by atoms with Crippen molar-refractivity contribution in [1.82, 2.24) is 0 Å². The molecule has 0 bridgehead atoms. The molecular formula is C78H42. The lowest BCUT2D eigenvalue weighted by Crippen LogP contribution is -1.89. The molecule has 0 aromatic heterocycles. The Morgan fingerprint density at radius 2 is 0.410 bits per heavy atom. The second-order valence-electron chi connectivity index (χ2n) is 22.1. The topological polar surface area (TPSA) is 0 Å². The highest BCUT2D eigenvalue weighted by atomic mass is 14.3. The standard InChI is InChI=1S/C78H42/c1-3-11-43(12-4-1)49-27-23-45-25-29-51(41-53(45)39-49)69-75-63-35-31-59-55-19-7-15-47-17-9-21-57(67(47)55)61-33-37-65(73(63)71(59)61)77(75)70(52-30-26-46-24-28-50(40-54(46)42-52)44-13-5-2-6-14-44)78-66-38-34-62-58-22-10-18-48-16-8-20-56(68(48)58)60-32-36-64(76(69)78)74(66)72(60)62/h1-42H. The predicted molar refractivity (Wildman–Crippen MR) is 338 cm³/mol. The van der Waals surface area contributed by atoms with E-state index < -0.39 is 0 Å². The van der Waals surface area contributed by atoms with Gasteiger partial charge in [-0.2, -0.15) is 0 Å². The Morgan fingerprint density at radius 1 is 0.128 bits per heavy atom. The molecule has 0 heterocycles. The summed E-state index contributed by atoms with van der Waals surface area (Å²) < 4.78 is 0. The van der Waals surface area contributed by atoms with Crippen LogP contribution in [0, 0.1) is 0 Å². The van der Waals surface area contributed by atoms with Crippen molar-refractivity contribution in [2.45, 2.75) is 0 Å². The zero-order valence-electron chi connectivity index (χ0n) is 42.2. The molecule has 0 fully saturated rings. The summed E-state index contributed by atoms with van der Waals surface area (Å²) in [7, 11) is 0. The Labute approximate surface area is 447 Å². The van der Waals surface area contributed by atoms with Crippen LogP contribution in [0.15, 0.2) is 255 Å². The molecule has 78 heavy (non-hydrogen) atoms. The van der Waals surface area contributed by atoms with Gasteiger partial charge in [0.25, 0.3) is 0 Å². The maximum atomic E-state index is 2.50. The number of fused-ring (bicyclic) bond motifs is 12. The molecule has 0 spiro atoms. The third-order valence-electron chi connectivity index (χ3n) is 18.3. The van der Waals surface area contributed by atoms with Gasteiger partial charge in [-0.05, 0) is 220 Å². The maximum absolute atomic E-state index is 2.50. The van der Waals surface area contributed by atoms with Crippen molar-refractivity contribution in [3.8, 4) is 44.5 Å². The molecule has 0 heteroatoms. The van der Waals surface area contributed by atoms with E-state index in [1.54, 1.807) is 0 Å². The van der Waals surface area contributed by atoms with Crippen molar-refractivity contribution in [1.29, 1.82) is 0 Å². The Morgan fingerprint density at radius 3 is 0.756 bits per heavy atom. The quantitative estimate of drug-likeness (QED) is 0.122. The summed E-state index contributed by atoms with van der Waals surface area (Å²) in [5.74, 6) is 0. The van der Waals surface area contributed by atoms with Crippen molar-refractivity contribution < 1.29 is 0 Å². The number of benzene rings is 17. The zero-order chi connectivity index (χ0) is 50.5. The fourth-order valence-electron chi connectivity index (χ4n) is 15.1. The first-order valence-electron chi connectivity index (χ1n) is 27.4. The maximum Gasteiger partial charge on any atom is -0.000717 e. The van der Waals surface area contributed by atoms with E-state index in [1.807, 2.05) is 0 Å². The second-order valence-corrected chi connectivity index (χ2v) is 22.1. The number of hydrogen-bond donors (Lipinski definition) is 0. The molecule has 0 amide bonds. The molecule has 0 N–H and O–H groups in total. The van der Waals surface area contributed by atoms with E-state index in [-0.39, 0.29) is 0 Å². The lowest BCUT2D eigenvalue weighted by Gasteiger charge is -2.17. The van der Waals surface area contributed by atoms with Gasteiger partial charge in [0.05, 0.1) is 0 Å². The molecule has 0 aliphatic heterocycles. The van der Waals surface area contributed by atoms with Crippen molar-refractivity contribution in [2.24, 2.45) is 0 Å². The first-order chi connectivity index (χ1) is 38.7. The fraction of sp³-hybridized carbons (Fsp3) is 0. The Kier molecular flexibility index (Phi) is 7.82. The van der Waals surface area contributed by atoms with Crippen LogP contribution in [0.3, 0.4) is 0 Å². The van der Waals surface area contributed by atoms with Gasteiger partial charge in [0.15, 0.2) is 0 Å². The normalized spacial score (nSPS) is 12.6. The summed E-state index contributed by atoms with van der Waals surface area (Å²) in [6, 6.07) is 97.3. The van der Waals surface area contributed by atoms with E-state index >= 15 is 0 Å². The summed E-state index contributed by atoms with van der Waals surface area (Å²) in [6.07, 6.45) is 0. The Balaban J connectivity index is 1.05. The minimum Gasteiger partial charge on any atom is -0.0622 e. The molecule has 0 saturated carbocycles. The minimum absolute atomic E-state index is 1.22. The first kappa shape index (κ1) is 41.1. The predicted octanol–water partition coefficient (Wildman–Crippen LogP) is 22.3. The molecule has 0 saturated heterocycles. The first-order valence-corrected chi connectivity index (χ1v) is 27.4. The van der Waals surface area contributed by atoms with Crippen molar-refractivity contribution >= 4 is 151 Å². The van der Waals surface area contributed by atoms with Crippen LogP contribution in [0.4, 0.5) is 0 Å². The summed E-state index contributed by atoms with van der Waals surface area (Å²) in [5, 5.41) is 36.7. The van der Waals surface area contributed by atoms with E-state index in [2.05, 4.69) is 255 Å². The highest BCUT2D eigenvalue weighted by Gasteiger charge is 2.30. The zero-order valence-corrected chi connectivity index (χ0v) is 42.2. The van der Waals surface area contributed by atoms with Crippen LogP contribution in [0.25, 0.3) is 195 Å². The van der Waals surface area contributed by atoms with Crippen LogP contribution < -0.4 is 0 Å². The molecule has 0 aliphatic rings. The van der Waals surface area contributed by atoms with E-state index in [9.17, 15) is 0 Å². The van der Waals surface area contributed by atoms with Gasteiger partial charge in [0, 0.05) is 0 Å². The van der Waals surface area contributed by atoms with E-state index in [4.69, 9.17) is 0 Å². The van der Waals surface area contributed by atoms with Crippen LogP contribution in [0.2, 0.25) is 0 Å². The van der Waals surface area contributed by atoms with Gasteiger partial charge in [0.1, 0.15) is 0 Å². The van der Waals surface area contributed by atoms with Crippen LogP contribution >= 0.6 is 0 Å². The van der Waals surface area contributed by atoms with Crippen LogP contribution in [0.5, 0.6) is 0 Å². The highest BCUT2D eigenvalue weighted by Crippen LogP contribution is 2.59. The number of rotatable bonds is 4. The fourth-order valence-corrected chi connectivity index (χ4v) is 15.1. The van der Waals surface area contributed by atoms with E-state index in [0.717, 1.165) is 0 Å². The minimum atomic E-state index is 1.22. The molecular weight excluding hydrogens is 937 g/mol. The third-order valence-corrected chi connectivity index (χ3v) is 18.3. The summed E-state index contributed by atoms with van der Waals surface area (Å²) in [6.45, 7) is 0. The molecule has 19 aromatic rings. The summed E-state index contributed by atoms with van der Waals surface area (Å²) in [4.78, 5) is 0. The van der Waals surface area contributed by atoms with Gasteiger partial charge in [-0.1, -0.05) is 231 Å². The number of hydrogen-bond acceptors (Lipinski definition) is 0. The average Bonchev–Trinajstić information content (AvgIpc) is 3.37. The average molecular weight is 979 g/mol. The molecule has 0 radical (unpaired) electrons. The largest absolute Gasteiger partial charge is 0.0622 e. The molecule has 0 nitrogen and oxygen atoms in total. The van der Waals surface area contributed by atoms with Gasteiger partial charge >= 0.3 is 0 Å². The molecule has 354 valence electrons. The van der Waals surface area contributed by atoms with Gasteiger partial charge in [-0.3, -0.25) is 0 Å². The van der Waals surface area contributed by atoms with Crippen molar-refractivity contribution in [2.75, 3.05) is 0 Å². The molecule has 19 rings (SSSR count). The van der Waals surface area contributed by atoms with Gasteiger partial charge < -0.3 is 0 Å². The van der Waals surface area contributed by atoms with E-state index in [0.29, 0.717) is 0 Å². The Hall–Kier alpha value is -10.1. The molecule has 0 aliphatic carbocycles. The molecule has 0 unspecified atom stereocenters. The Bertz CT molecular complexity index is 5190. The molecule has 0 atom stereocenters. The lowest BCUT2D eigenvalue weighted by atomic mass is 9.86. The summed E-state index contributed by atoms with van der Waals surface area (Å²) >= 11 is 0. The lowest BCUT2D eigenvalue weighted by molar-refractivity contribution is 1.64. The van der Waals surface area contributed by atoms with Gasteiger partial charge in [-0.15, -0.1) is 0 Å². The van der Waals surface area contributed by atoms with Crippen LogP contribution in [-0.2, 0) is 0 Å². The van der Waals surface area contributed by atoms with Crippen LogP contribution in [-0.4, -0.2) is 0 Å². The van der Waals surface area contributed by atoms with E-state index in [1.165, 1.54) is 195 Å². The monoisotopic (exact) mass is 978 g/mol. The summed E-state index contributed by atoms with van der Waals surface area (Å²) in [5.41, 5.74) is 9.98. The highest BCUT2D eigenvalue weighted by molar-refractivity contribution is 6.51. The van der Waals surface area contributed by atoms with Gasteiger partial charge in [0.2, 0.25) is 0 Å². The third kappa shape index (κ3) is 5.24. The van der Waals surface area contributed by atoms with Crippen molar-refractivity contribution in [3.05, 3.63) is 255 Å². The van der Waals surface area contributed by atoms with Crippen molar-refractivity contribution in [3.63, 3.8) is 0 Å². The smallest absolute Gasteiger partial charge is 0.000717 e. The van der Waals surface area contributed by atoms with Crippen LogP contribution in [0.1, 0.15) is 0 Å². The van der Waals surface area contributed by atoms with Gasteiger partial charge in [-0.25, -0.2) is 0 Å². The SMILES string of the molecule is c1ccc(-c2ccc3ccc(-c4c5c6ccc7c8cccc9cccc(c%10ccc(c5c(-c5ccc%11ccc(-c%12ccccc%12)cc%11c5)c5c%11ccc%12c%13cccc%14cccc(c%15ccc(c45)c%11c%15%12)c%14%13)c6c7%10)c98)cc3c2)cc1.